The van der Waals surface area contributed by atoms with Gasteiger partial charge < -0.3 is 5.11 Å². The number of hydrogen-bond donors (Lipinski definition) is 1. The van der Waals surface area contributed by atoms with Gasteiger partial charge in [-0.15, -0.1) is 0 Å². The van der Waals surface area contributed by atoms with Gasteiger partial charge in [-0.3, -0.25) is 19.3 Å². The molecule has 1 aromatic rings. The molecular formula is C16H19NO4. The Kier molecular flexibility index (Phi) is 4.73. The van der Waals surface area contributed by atoms with Crippen LogP contribution in [0.25, 0.3) is 0 Å². The van der Waals surface area contributed by atoms with E-state index in [1.54, 1.807) is 24.3 Å². The first-order chi connectivity index (χ1) is 10.1. The summed E-state index contributed by atoms with van der Waals surface area (Å²) >= 11 is 0. The van der Waals surface area contributed by atoms with Crippen LogP contribution in [0.3, 0.4) is 0 Å². The molecule has 0 aromatic heterocycles. The molecule has 1 aliphatic heterocycles. The maximum Gasteiger partial charge on any atom is 0.320 e. The minimum Gasteiger partial charge on any atom is -0.480 e. The van der Waals surface area contributed by atoms with E-state index in [0.29, 0.717) is 17.5 Å². The quantitative estimate of drug-likeness (QED) is 0.496. The summed E-state index contributed by atoms with van der Waals surface area (Å²) in [6.45, 7) is 2.36. The number of fused-ring (bicyclic) bond motifs is 1. The fourth-order valence-corrected chi connectivity index (χ4v) is 2.62. The van der Waals surface area contributed by atoms with Crippen LogP contribution in [0.5, 0.6) is 0 Å². The third-order valence-corrected chi connectivity index (χ3v) is 3.74. The van der Waals surface area contributed by atoms with Crippen molar-refractivity contribution >= 4 is 17.8 Å². The van der Waals surface area contributed by atoms with Crippen molar-refractivity contribution < 1.29 is 19.5 Å². The summed E-state index contributed by atoms with van der Waals surface area (Å²) < 4.78 is 0. The number of imide groups is 1. The molecule has 0 saturated heterocycles. The second-order valence-corrected chi connectivity index (χ2v) is 5.21. The maximum absolute atomic E-state index is 12.4. The zero-order valence-electron chi connectivity index (χ0n) is 12.0. The fraction of sp³-hybridized carbons (Fsp3) is 0.438. The average molecular weight is 289 g/mol. The highest BCUT2D eigenvalue weighted by Crippen LogP contribution is 2.29. The van der Waals surface area contributed by atoms with E-state index in [2.05, 4.69) is 6.92 Å². The van der Waals surface area contributed by atoms with E-state index in [9.17, 15) is 19.5 Å². The van der Waals surface area contributed by atoms with Crippen molar-refractivity contribution in [1.82, 2.24) is 4.90 Å². The first-order valence-corrected chi connectivity index (χ1v) is 7.25. The predicted molar refractivity (Wildman–Crippen MR) is 77.0 cm³/mol. The first kappa shape index (κ1) is 15.2. The number of nitrogens with zero attached hydrogens (tertiary/aromatic N) is 1. The third kappa shape index (κ3) is 2.96. The Labute approximate surface area is 123 Å². The van der Waals surface area contributed by atoms with Gasteiger partial charge in [0.1, 0.15) is 0 Å². The molecule has 1 atom stereocenters. The lowest BCUT2D eigenvalue weighted by atomic mass is 9.88. The summed E-state index contributed by atoms with van der Waals surface area (Å²) in [5.41, 5.74) is 0.616. The summed E-state index contributed by atoms with van der Waals surface area (Å²) in [5.74, 6) is -3.49. The topological polar surface area (TPSA) is 74.7 Å². The van der Waals surface area contributed by atoms with Crippen molar-refractivity contribution in [1.29, 1.82) is 0 Å². The van der Waals surface area contributed by atoms with Crippen LogP contribution in [0.1, 0.15) is 54.4 Å². The van der Waals surface area contributed by atoms with Gasteiger partial charge in [-0.1, -0.05) is 44.4 Å². The van der Waals surface area contributed by atoms with Crippen molar-refractivity contribution in [2.45, 2.75) is 38.5 Å². The Balaban J connectivity index is 2.27. The van der Waals surface area contributed by atoms with Crippen molar-refractivity contribution in [3.05, 3.63) is 35.4 Å². The maximum atomic E-state index is 12.4. The number of carboxylic acids is 1. The number of benzene rings is 1. The second-order valence-electron chi connectivity index (χ2n) is 5.21. The lowest BCUT2D eigenvalue weighted by Gasteiger charge is -2.30. The molecule has 0 saturated carbocycles. The van der Waals surface area contributed by atoms with E-state index in [4.69, 9.17) is 0 Å². The van der Waals surface area contributed by atoms with Gasteiger partial charge in [0.25, 0.3) is 5.91 Å². The number of rotatable bonds is 6. The molecule has 1 heterocycles. The lowest BCUT2D eigenvalue weighted by Crippen LogP contribution is -2.47. The lowest BCUT2D eigenvalue weighted by molar-refractivity contribution is -0.146. The van der Waals surface area contributed by atoms with Crippen molar-refractivity contribution in [3.8, 4) is 0 Å². The van der Waals surface area contributed by atoms with Crippen molar-refractivity contribution in [2.24, 2.45) is 0 Å². The van der Waals surface area contributed by atoms with Gasteiger partial charge in [0, 0.05) is 12.1 Å². The standard InChI is InChI=1S/C16H19NO4/c1-2-3-4-7-10-17-14(18)12-9-6-5-8-11(12)13(15(17)19)16(20)21/h5-6,8-9,13H,2-4,7,10H2,1H3,(H,20,21). The number of amides is 2. The molecule has 0 spiro atoms. The van der Waals surface area contributed by atoms with E-state index in [0.717, 1.165) is 24.2 Å². The van der Waals surface area contributed by atoms with Crippen molar-refractivity contribution in [3.63, 3.8) is 0 Å². The first-order valence-electron chi connectivity index (χ1n) is 7.25. The molecule has 21 heavy (non-hydrogen) atoms. The summed E-state index contributed by atoms with van der Waals surface area (Å²) in [6, 6.07) is 6.45. The zero-order valence-corrected chi connectivity index (χ0v) is 12.0. The Bertz CT molecular complexity index is 567. The minimum atomic E-state index is -1.27. The fourth-order valence-electron chi connectivity index (χ4n) is 2.62. The molecule has 0 radical (unpaired) electrons. The number of carbonyl (C=O) groups excluding carboxylic acids is 2. The zero-order chi connectivity index (χ0) is 15.4. The van der Waals surface area contributed by atoms with E-state index in [1.807, 2.05) is 0 Å². The van der Waals surface area contributed by atoms with Gasteiger partial charge in [-0.05, 0) is 18.1 Å². The van der Waals surface area contributed by atoms with Crippen LogP contribution in [-0.2, 0) is 9.59 Å². The van der Waals surface area contributed by atoms with Crippen LogP contribution < -0.4 is 0 Å². The molecule has 2 rings (SSSR count). The van der Waals surface area contributed by atoms with E-state index < -0.39 is 17.8 Å². The van der Waals surface area contributed by atoms with Gasteiger partial charge in [0.2, 0.25) is 5.91 Å². The highest BCUT2D eigenvalue weighted by molar-refractivity contribution is 6.17. The molecular weight excluding hydrogens is 270 g/mol. The summed E-state index contributed by atoms with van der Waals surface area (Å²) in [7, 11) is 0. The molecule has 5 heteroatoms. The van der Waals surface area contributed by atoms with E-state index >= 15 is 0 Å². The molecule has 0 fully saturated rings. The summed E-state index contributed by atoms with van der Waals surface area (Å²) in [5, 5.41) is 9.31. The van der Waals surface area contributed by atoms with Crippen LogP contribution in [0.2, 0.25) is 0 Å². The largest absolute Gasteiger partial charge is 0.480 e. The normalized spacial score (nSPS) is 17.8. The molecule has 2 amide bonds. The number of unbranched alkanes of at least 4 members (excludes halogenated alkanes) is 3. The summed E-state index contributed by atoms with van der Waals surface area (Å²) in [4.78, 5) is 37.2. The van der Waals surface area contributed by atoms with Crippen LogP contribution >= 0.6 is 0 Å². The minimum absolute atomic E-state index is 0.287. The van der Waals surface area contributed by atoms with Crippen LogP contribution in [-0.4, -0.2) is 34.3 Å². The molecule has 112 valence electrons. The van der Waals surface area contributed by atoms with E-state index in [-0.39, 0.29) is 12.5 Å². The number of hydrogen-bond acceptors (Lipinski definition) is 3. The number of carbonyl (C=O) groups is 3. The van der Waals surface area contributed by atoms with Crippen LogP contribution in [0.15, 0.2) is 24.3 Å². The molecule has 1 aromatic carbocycles. The predicted octanol–water partition coefficient (Wildman–Crippen LogP) is 2.42. The molecule has 0 aliphatic carbocycles. The monoisotopic (exact) mass is 289 g/mol. The second kappa shape index (κ2) is 6.52. The van der Waals surface area contributed by atoms with Gasteiger partial charge in [-0.2, -0.15) is 0 Å². The Hall–Kier alpha value is -2.17. The SMILES string of the molecule is CCCCCCN1C(=O)c2ccccc2C(C(=O)O)C1=O. The van der Waals surface area contributed by atoms with Crippen LogP contribution in [0, 0.1) is 0 Å². The smallest absolute Gasteiger partial charge is 0.320 e. The Morgan fingerprint density at radius 1 is 1.19 bits per heavy atom. The number of carboxylic acid groups (broad SMARTS) is 1. The van der Waals surface area contributed by atoms with Gasteiger partial charge in [-0.25, -0.2) is 0 Å². The molecule has 5 nitrogen and oxygen atoms in total. The average Bonchev–Trinajstić information content (AvgIpc) is 2.46. The van der Waals surface area contributed by atoms with Gasteiger partial charge >= 0.3 is 5.97 Å². The Morgan fingerprint density at radius 2 is 1.90 bits per heavy atom. The molecule has 1 N–H and O–H groups in total. The Morgan fingerprint density at radius 3 is 2.57 bits per heavy atom. The van der Waals surface area contributed by atoms with Gasteiger partial charge in [0.05, 0.1) is 0 Å². The van der Waals surface area contributed by atoms with Crippen molar-refractivity contribution in [2.75, 3.05) is 6.54 Å². The van der Waals surface area contributed by atoms with Crippen LogP contribution in [0.4, 0.5) is 0 Å². The third-order valence-electron chi connectivity index (χ3n) is 3.74. The molecule has 1 unspecified atom stereocenters. The molecule has 0 bridgehead atoms. The molecule has 1 aliphatic rings. The van der Waals surface area contributed by atoms with Gasteiger partial charge in [0.15, 0.2) is 5.92 Å². The number of aliphatic carboxylic acids is 1. The summed E-state index contributed by atoms with van der Waals surface area (Å²) in [6.07, 6.45) is 3.73. The highest BCUT2D eigenvalue weighted by Gasteiger charge is 2.42. The van der Waals surface area contributed by atoms with E-state index in [1.165, 1.54) is 0 Å². The highest BCUT2D eigenvalue weighted by atomic mass is 16.4.